The number of aromatic nitrogens is 2. The molecule has 3 heterocycles. The van der Waals surface area contributed by atoms with E-state index in [1.54, 1.807) is 29.2 Å². The van der Waals surface area contributed by atoms with E-state index in [0.29, 0.717) is 12.2 Å². The first-order valence-corrected chi connectivity index (χ1v) is 12.5. The summed E-state index contributed by atoms with van der Waals surface area (Å²) >= 11 is 0. The van der Waals surface area contributed by atoms with Crippen molar-refractivity contribution in [2.24, 2.45) is 0 Å². The summed E-state index contributed by atoms with van der Waals surface area (Å²) in [5.74, 6) is -1.26. The number of rotatable bonds is 5. The molecule has 0 bridgehead atoms. The first-order chi connectivity index (χ1) is 17.5. The van der Waals surface area contributed by atoms with Gasteiger partial charge < -0.3 is 10.4 Å². The van der Waals surface area contributed by atoms with Crippen molar-refractivity contribution in [3.63, 3.8) is 0 Å². The second-order valence-corrected chi connectivity index (χ2v) is 11.1. The van der Waals surface area contributed by atoms with Gasteiger partial charge in [0.25, 0.3) is 0 Å². The number of carbonyl (C=O) groups is 2. The molecular weight excluding hydrogens is 473 g/mol. The van der Waals surface area contributed by atoms with Crippen molar-refractivity contribution in [1.82, 2.24) is 20.0 Å². The zero-order valence-electron chi connectivity index (χ0n) is 21.4. The highest BCUT2D eigenvalue weighted by Gasteiger charge is 2.45. The second-order valence-electron chi connectivity index (χ2n) is 11.1. The van der Waals surface area contributed by atoms with E-state index in [2.05, 4.69) is 31.0 Å². The number of benzene rings is 2. The molecule has 194 valence electrons. The summed E-state index contributed by atoms with van der Waals surface area (Å²) in [7, 11) is 0. The van der Waals surface area contributed by atoms with Crippen LogP contribution in [0, 0.1) is 5.82 Å². The molecule has 2 aliphatic rings. The molecule has 5 rings (SSSR count). The van der Waals surface area contributed by atoms with Gasteiger partial charge in [-0.25, -0.2) is 18.7 Å². The van der Waals surface area contributed by atoms with Crippen LogP contribution >= 0.6 is 0 Å². The van der Waals surface area contributed by atoms with Crippen molar-refractivity contribution >= 4 is 17.7 Å². The van der Waals surface area contributed by atoms with Crippen LogP contribution in [0.25, 0.3) is 5.69 Å². The number of halogens is 1. The molecule has 37 heavy (non-hydrogen) atoms. The van der Waals surface area contributed by atoms with E-state index < -0.39 is 5.97 Å². The minimum absolute atomic E-state index is 0.145. The summed E-state index contributed by atoms with van der Waals surface area (Å²) in [6, 6.07) is 12.6. The fourth-order valence-corrected chi connectivity index (χ4v) is 5.25. The molecule has 2 amide bonds. The van der Waals surface area contributed by atoms with Crippen LogP contribution in [-0.4, -0.2) is 57.0 Å². The minimum Gasteiger partial charge on any atom is -0.478 e. The average Bonchev–Trinajstić information content (AvgIpc) is 3.42. The van der Waals surface area contributed by atoms with Crippen molar-refractivity contribution in [3.05, 3.63) is 77.4 Å². The summed E-state index contributed by atoms with van der Waals surface area (Å²) in [6.07, 6.45) is 3.68. The van der Waals surface area contributed by atoms with E-state index >= 15 is 0 Å². The quantitative estimate of drug-likeness (QED) is 0.530. The third-order valence-corrected chi connectivity index (χ3v) is 7.30. The molecule has 0 aliphatic carbocycles. The molecule has 1 aromatic heterocycles. The van der Waals surface area contributed by atoms with Crippen LogP contribution < -0.4 is 10.2 Å². The fourth-order valence-electron chi connectivity index (χ4n) is 5.25. The summed E-state index contributed by atoms with van der Waals surface area (Å²) in [4.78, 5) is 28.0. The summed E-state index contributed by atoms with van der Waals surface area (Å²) in [5.41, 5.74) is 3.43. The van der Waals surface area contributed by atoms with Gasteiger partial charge in [-0.3, -0.25) is 9.80 Å². The molecule has 0 saturated carbocycles. The summed E-state index contributed by atoms with van der Waals surface area (Å²) in [6.45, 7) is 9.40. The van der Waals surface area contributed by atoms with Crippen LogP contribution in [0.3, 0.4) is 0 Å². The molecule has 0 unspecified atom stereocenters. The van der Waals surface area contributed by atoms with Gasteiger partial charge >= 0.3 is 12.0 Å². The number of carboxylic acid groups (broad SMARTS) is 1. The van der Waals surface area contributed by atoms with Gasteiger partial charge in [-0.1, -0.05) is 20.8 Å². The number of amides is 2. The molecular formula is C28H32FN5O3. The Labute approximate surface area is 215 Å². The van der Waals surface area contributed by atoms with E-state index in [1.165, 1.54) is 24.3 Å². The Kier molecular flexibility index (Phi) is 6.27. The van der Waals surface area contributed by atoms with Crippen LogP contribution in [0.1, 0.15) is 55.2 Å². The van der Waals surface area contributed by atoms with Gasteiger partial charge in [0.15, 0.2) is 0 Å². The zero-order valence-corrected chi connectivity index (χ0v) is 21.4. The average molecular weight is 506 g/mol. The molecule has 2 aromatic carbocycles. The smallest absolute Gasteiger partial charge is 0.335 e. The predicted molar refractivity (Wildman–Crippen MR) is 139 cm³/mol. The van der Waals surface area contributed by atoms with Gasteiger partial charge in [0.05, 0.1) is 29.0 Å². The lowest BCUT2D eigenvalue weighted by atomic mass is 9.87. The third kappa shape index (κ3) is 5.09. The molecule has 2 saturated heterocycles. The van der Waals surface area contributed by atoms with Gasteiger partial charge in [-0.2, -0.15) is 5.10 Å². The second kappa shape index (κ2) is 9.30. The van der Waals surface area contributed by atoms with E-state index in [9.17, 15) is 14.0 Å². The maximum atomic E-state index is 13.4. The van der Waals surface area contributed by atoms with Crippen LogP contribution in [0.5, 0.6) is 0 Å². The Morgan fingerprint density at radius 3 is 2.27 bits per heavy atom. The molecule has 0 atom stereocenters. The number of hydrogen-bond acceptors (Lipinski definition) is 4. The van der Waals surface area contributed by atoms with Crippen molar-refractivity contribution < 1.29 is 19.1 Å². The highest BCUT2D eigenvalue weighted by Crippen LogP contribution is 2.33. The van der Waals surface area contributed by atoms with Gasteiger partial charge in [0, 0.05) is 42.5 Å². The zero-order chi connectivity index (χ0) is 26.4. The van der Waals surface area contributed by atoms with E-state index in [1.807, 2.05) is 10.9 Å². The number of anilines is 1. The first kappa shape index (κ1) is 25.0. The van der Waals surface area contributed by atoms with Gasteiger partial charge in [-0.15, -0.1) is 0 Å². The van der Waals surface area contributed by atoms with Crippen LogP contribution in [0.2, 0.25) is 0 Å². The number of urea groups is 1. The number of piperidine rings is 1. The Hall–Kier alpha value is -3.72. The number of nitrogens with zero attached hydrogens (tertiary/aromatic N) is 4. The maximum Gasteiger partial charge on any atom is 0.335 e. The van der Waals surface area contributed by atoms with Gasteiger partial charge in [-0.05, 0) is 61.4 Å². The largest absolute Gasteiger partial charge is 0.478 e. The number of hydrogen-bond donors (Lipinski definition) is 2. The standard InChI is InChI=1S/C28H32FN5O3/c1-27(2,3)24-20(17-34(31-24)23-10-6-21(29)7-11-23)16-32-14-12-28(13-15-32)18-33(26(37)30-28)22-8-4-19(5-9-22)25(35)36/h4-11,17H,12-16,18H2,1-3H3,(H,30,37)(H,35,36). The van der Waals surface area contributed by atoms with Gasteiger partial charge in [0.1, 0.15) is 5.82 Å². The van der Waals surface area contributed by atoms with Crippen LogP contribution in [0.4, 0.5) is 14.9 Å². The number of aromatic carboxylic acids is 1. The first-order valence-electron chi connectivity index (χ1n) is 12.5. The summed E-state index contributed by atoms with van der Waals surface area (Å²) < 4.78 is 15.2. The minimum atomic E-state index is -0.987. The van der Waals surface area contributed by atoms with Crippen LogP contribution in [-0.2, 0) is 12.0 Å². The Balaban J connectivity index is 1.27. The third-order valence-electron chi connectivity index (χ3n) is 7.30. The lowest BCUT2D eigenvalue weighted by Crippen LogP contribution is -2.52. The fraction of sp³-hybridized carbons (Fsp3) is 0.393. The maximum absolute atomic E-state index is 13.4. The molecule has 3 aromatic rings. The lowest BCUT2D eigenvalue weighted by Gasteiger charge is -2.38. The van der Waals surface area contributed by atoms with E-state index in [0.717, 1.165) is 49.4 Å². The van der Waals surface area contributed by atoms with Crippen molar-refractivity contribution in [2.45, 2.75) is 51.1 Å². The highest BCUT2D eigenvalue weighted by molar-refractivity contribution is 5.96. The van der Waals surface area contributed by atoms with E-state index in [-0.39, 0.29) is 28.4 Å². The van der Waals surface area contributed by atoms with Crippen molar-refractivity contribution in [3.8, 4) is 5.69 Å². The van der Waals surface area contributed by atoms with Crippen molar-refractivity contribution in [2.75, 3.05) is 24.5 Å². The summed E-state index contributed by atoms with van der Waals surface area (Å²) in [5, 5.41) is 17.2. The number of likely N-dealkylation sites (tertiary alicyclic amines) is 1. The predicted octanol–water partition coefficient (Wildman–Crippen LogP) is 4.57. The Bertz CT molecular complexity index is 1300. The van der Waals surface area contributed by atoms with Gasteiger partial charge in [0.2, 0.25) is 0 Å². The monoisotopic (exact) mass is 505 g/mol. The molecule has 8 nitrogen and oxygen atoms in total. The molecule has 2 aliphatic heterocycles. The SMILES string of the molecule is CC(C)(C)c1nn(-c2ccc(F)cc2)cc1CN1CCC2(CC1)CN(c1ccc(C(=O)O)cc1)C(=O)N2. The van der Waals surface area contributed by atoms with E-state index in [4.69, 9.17) is 10.2 Å². The lowest BCUT2D eigenvalue weighted by molar-refractivity contribution is 0.0697. The highest BCUT2D eigenvalue weighted by atomic mass is 19.1. The number of carbonyl (C=O) groups excluding carboxylic acids is 1. The Morgan fingerprint density at radius 2 is 1.68 bits per heavy atom. The number of carboxylic acids is 1. The molecule has 0 radical (unpaired) electrons. The van der Waals surface area contributed by atoms with Crippen LogP contribution in [0.15, 0.2) is 54.7 Å². The molecule has 2 N–H and O–H groups in total. The topological polar surface area (TPSA) is 90.7 Å². The van der Waals surface area contributed by atoms with Crippen molar-refractivity contribution in [1.29, 1.82) is 0 Å². The number of nitrogens with one attached hydrogen (secondary N) is 1. The molecule has 1 spiro atoms. The normalized spacial score (nSPS) is 17.8. The Morgan fingerprint density at radius 1 is 1.05 bits per heavy atom. The molecule has 2 fully saturated rings. The molecule has 9 heteroatoms.